The number of aromatic nitrogens is 1. The monoisotopic (exact) mass is 456 g/mol. The summed E-state index contributed by atoms with van der Waals surface area (Å²) < 4.78 is 43.7. The Labute approximate surface area is 188 Å². The van der Waals surface area contributed by atoms with Gasteiger partial charge in [0.25, 0.3) is 0 Å². The Hall–Kier alpha value is -2.67. The van der Waals surface area contributed by atoms with E-state index in [0.717, 1.165) is 37.1 Å². The van der Waals surface area contributed by atoms with Gasteiger partial charge in [-0.1, -0.05) is 13.0 Å². The first-order valence-corrected chi connectivity index (χ1v) is 12.5. The molecule has 0 aliphatic carbocycles. The summed E-state index contributed by atoms with van der Waals surface area (Å²) in [5.74, 6) is -0.0233. The van der Waals surface area contributed by atoms with Crippen LogP contribution in [0.5, 0.6) is 0 Å². The van der Waals surface area contributed by atoms with Crippen LogP contribution in [0.25, 0.3) is 10.9 Å². The van der Waals surface area contributed by atoms with Gasteiger partial charge in [-0.2, -0.15) is 0 Å². The van der Waals surface area contributed by atoms with E-state index in [0.29, 0.717) is 23.7 Å². The summed E-state index contributed by atoms with van der Waals surface area (Å²) in [6.07, 6.45) is 3.51. The Morgan fingerprint density at radius 2 is 1.78 bits per heavy atom. The minimum atomic E-state index is -4.06. The van der Waals surface area contributed by atoms with Crippen molar-refractivity contribution in [2.75, 3.05) is 18.0 Å². The summed E-state index contributed by atoms with van der Waals surface area (Å²) in [5, 5.41) is 0.0867. The van der Waals surface area contributed by atoms with Crippen LogP contribution in [0.1, 0.15) is 37.8 Å². The van der Waals surface area contributed by atoms with Gasteiger partial charge in [0.1, 0.15) is 10.7 Å². The Morgan fingerprint density at radius 3 is 2.41 bits per heavy atom. The number of anilines is 1. The van der Waals surface area contributed by atoms with Gasteiger partial charge in [-0.15, -0.1) is 0 Å². The van der Waals surface area contributed by atoms with E-state index in [1.54, 1.807) is 22.8 Å². The highest BCUT2D eigenvalue weighted by molar-refractivity contribution is 7.91. The van der Waals surface area contributed by atoms with Crippen LogP contribution in [0.2, 0.25) is 0 Å². The number of fused-ring (bicyclic) bond motifs is 1. The lowest BCUT2D eigenvalue weighted by molar-refractivity contribution is 0.442. The van der Waals surface area contributed by atoms with Gasteiger partial charge in [-0.05, 0) is 74.9 Å². The van der Waals surface area contributed by atoms with Crippen molar-refractivity contribution < 1.29 is 12.8 Å². The summed E-state index contributed by atoms with van der Waals surface area (Å²) in [7, 11) is -4.06. The highest BCUT2D eigenvalue weighted by Crippen LogP contribution is 2.30. The molecule has 4 rings (SSSR count). The summed E-state index contributed by atoms with van der Waals surface area (Å²) in [6, 6.07) is 7.90. The quantitative estimate of drug-likeness (QED) is 0.563. The topological polar surface area (TPSA) is 59.4 Å². The van der Waals surface area contributed by atoms with Crippen LogP contribution in [0, 0.1) is 25.6 Å². The molecule has 1 aliphatic heterocycles. The number of pyridine rings is 1. The molecule has 2 aromatic carbocycles. The molecular formula is C25H29FN2O3S. The van der Waals surface area contributed by atoms with E-state index in [2.05, 4.69) is 6.92 Å². The van der Waals surface area contributed by atoms with E-state index >= 15 is 4.39 Å². The van der Waals surface area contributed by atoms with E-state index in [-0.39, 0.29) is 15.2 Å². The van der Waals surface area contributed by atoms with Crippen LogP contribution in [0.15, 0.2) is 51.1 Å². The number of hydrogen-bond donors (Lipinski definition) is 0. The van der Waals surface area contributed by atoms with Crippen molar-refractivity contribution in [3.63, 3.8) is 0 Å². The molecule has 32 heavy (non-hydrogen) atoms. The molecule has 2 heterocycles. The second kappa shape index (κ2) is 8.35. The standard InChI is InChI=1S/C25H29FN2O3S/c1-5-27-15-24(32(30,31)19-10-17(3)9-18(4)11-19)25(29)20-12-21(26)23(13-22(20)27)28-8-6-7-16(2)14-28/h9-13,15-16H,5-8,14H2,1-4H3. The third kappa shape index (κ3) is 3.94. The predicted octanol–water partition coefficient (Wildman–Crippen LogP) is 4.85. The van der Waals surface area contributed by atoms with Gasteiger partial charge < -0.3 is 9.47 Å². The normalized spacial score (nSPS) is 17.2. The highest BCUT2D eigenvalue weighted by Gasteiger charge is 2.26. The molecule has 0 spiro atoms. The van der Waals surface area contributed by atoms with Crippen LogP contribution in [0.3, 0.4) is 0 Å². The third-order valence-electron chi connectivity index (χ3n) is 6.25. The summed E-state index contributed by atoms with van der Waals surface area (Å²) in [6.45, 7) is 9.64. The molecule has 0 N–H and O–H groups in total. The lowest BCUT2D eigenvalue weighted by atomic mass is 9.99. The zero-order valence-electron chi connectivity index (χ0n) is 19.0. The molecule has 170 valence electrons. The first-order chi connectivity index (χ1) is 15.1. The molecule has 3 aromatic rings. The van der Waals surface area contributed by atoms with Gasteiger partial charge in [0, 0.05) is 25.8 Å². The van der Waals surface area contributed by atoms with Crippen molar-refractivity contribution in [1.29, 1.82) is 0 Å². The smallest absolute Gasteiger partial charge is 0.211 e. The zero-order valence-corrected chi connectivity index (χ0v) is 19.8. The summed E-state index contributed by atoms with van der Waals surface area (Å²) in [4.78, 5) is 15.1. The van der Waals surface area contributed by atoms with E-state index in [9.17, 15) is 13.2 Å². The second-order valence-electron chi connectivity index (χ2n) is 8.95. The number of sulfone groups is 1. The highest BCUT2D eigenvalue weighted by atomic mass is 32.2. The predicted molar refractivity (Wildman–Crippen MR) is 126 cm³/mol. The Bertz CT molecular complexity index is 1340. The number of hydrogen-bond acceptors (Lipinski definition) is 4. The average Bonchev–Trinajstić information content (AvgIpc) is 2.73. The molecule has 1 saturated heterocycles. The third-order valence-corrected chi connectivity index (χ3v) is 7.98. The number of nitrogens with zero attached hydrogens (tertiary/aromatic N) is 2. The van der Waals surface area contributed by atoms with Gasteiger partial charge in [0.05, 0.1) is 21.5 Å². The largest absolute Gasteiger partial charge is 0.369 e. The molecule has 0 radical (unpaired) electrons. The van der Waals surface area contributed by atoms with Crippen molar-refractivity contribution >= 4 is 26.4 Å². The minimum absolute atomic E-state index is 0.0773. The Kier molecular flexibility index (Phi) is 5.88. The molecule has 1 aromatic heterocycles. The number of piperidine rings is 1. The van der Waals surface area contributed by atoms with Crippen molar-refractivity contribution in [1.82, 2.24) is 4.57 Å². The van der Waals surface area contributed by atoms with Gasteiger partial charge in [0.15, 0.2) is 0 Å². The molecule has 0 saturated carbocycles. The van der Waals surface area contributed by atoms with Crippen LogP contribution >= 0.6 is 0 Å². The van der Waals surface area contributed by atoms with Crippen LogP contribution in [-0.4, -0.2) is 26.1 Å². The fourth-order valence-electron chi connectivity index (χ4n) is 4.69. The number of halogens is 1. The number of benzene rings is 2. The molecule has 7 heteroatoms. The molecule has 1 aliphatic rings. The van der Waals surface area contributed by atoms with E-state index < -0.39 is 21.1 Å². The van der Waals surface area contributed by atoms with Crippen LogP contribution < -0.4 is 10.3 Å². The number of aryl methyl sites for hydroxylation is 3. The summed E-state index contributed by atoms with van der Waals surface area (Å²) >= 11 is 0. The van der Waals surface area contributed by atoms with Crippen molar-refractivity contribution in [3.05, 3.63) is 63.7 Å². The SMILES string of the molecule is CCn1cc(S(=O)(=O)c2cc(C)cc(C)c2)c(=O)c2cc(F)c(N3CCCC(C)C3)cc21. The van der Waals surface area contributed by atoms with Crippen molar-refractivity contribution in [3.8, 4) is 0 Å². The van der Waals surface area contributed by atoms with E-state index in [1.807, 2.05) is 31.7 Å². The lowest BCUT2D eigenvalue weighted by Gasteiger charge is -2.33. The van der Waals surface area contributed by atoms with Gasteiger partial charge in [0.2, 0.25) is 15.3 Å². The van der Waals surface area contributed by atoms with Crippen molar-refractivity contribution in [2.24, 2.45) is 5.92 Å². The minimum Gasteiger partial charge on any atom is -0.369 e. The molecule has 5 nitrogen and oxygen atoms in total. The second-order valence-corrected chi connectivity index (χ2v) is 10.9. The maximum absolute atomic E-state index is 15.2. The van der Waals surface area contributed by atoms with Gasteiger partial charge >= 0.3 is 0 Å². The first kappa shape index (κ1) is 22.5. The molecular weight excluding hydrogens is 427 g/mol. The molecule has 1 fully saturated rings. The Morgan fingerprint density at radius 1 is 1.09 bits per heavy atom. The lowest BCUT2D eigenvalue weighted by Crippen LogP contribution is -2.35. The molecule has 1 unspecified atom stereocenters. The molecule has 0 bridgehead atoms. The van der Waals surface area contributed by atoms with E-state index in [1.165, 1.54) is 12.3 Å². The maximum atomic E-state index is 15.2. The fraction of sp³-hybridized carbons (Fsp3) is 0.400. The number of rotatable bonds is 4. The first-order valence-electron chi connectivity index (χ1n) is 11.1. The average molecular weight is 457 g/mol. The summed E-state index contributed by atoms with van der Waals surface area (Å²) in [5.41, 5.74) is 1.95. The molecule has 0 amide bonds. The zero-order chi connectivity index (χ0) is 23.2. The maximum Gasteiger partial charge on any atom is 0.211 e. The van der Waals surface area contributed by atoms with Gasteiger partial charge in [-0.25, -0.2) is 12.8 Å². The fourth-order valence-corrected chi connectivity index (χ4v) is 6.25. The van der Waals surface area contributed by atoms with Crippen molar-refractivity contribution in [2.45, 2.75) is 56.9 Å². The molecule has 1 atom stereocenters. The van der Waals surface area contributed by atoms with E-state index in [4.69, 9.17) is 0 Å². The van der Waals surface area contributed by atoms with Gasteiger partial charge in [-0.3, -0.25) is 4.79 Å². The Balaban J connectivity index is 1.93. The van der Waals surface area contributed by atoms with Crippen LogP contribution in [0.4, 0.5) is 10.1 Å². The van der Waals surface area contributed by atoms with Crippen LogP contribution in [-0.2, 0) is 16.4 Å².